The predicted octanol–water partition coefficient (Wildman–Crippen LogP) is 4.46. The van der Waals surface area contributed by atoms with E-state index in [0.717, 1.165) is 24.6 Å². The average molecular weight is 321 g/mol. The van der Waals surface area contributed by atoms with Crippen molar-refractivity contribution in [1.29, 1.82) is 0 Å². The zero-order valence-corrected chi connectivity index (χ0v) is 14.7. The monoisotopic (exact) mass is 320 g/mol. The first-order valence-electron chi connectivity index (χ1n) is 7.47. The number of aromatic nitrogens is 1. The molecular formula is C17H24N2S2. The van der Waals surface area contributed by atoms with Crippen molar-refractivity contribution in [2.24, 2.45) is 5.92 Å². The highest BCUT2D eigenvalue weighted by atomic mass is 32.2. The second kappa shape index (κ2) is 8.57. The molecular weight excluding hydrogens is 296 g/mol. The molecule has 0 unspecified atom stereocenters. The van der Waals surface area contributed by atoms with Crippen LogP contribution in [0.5, 0.6) is 0 Å². The van der Waals surface area contributed by atoms with Gasteiger partial charge in [0.15, 0.2) is 0 Å². The van der Waals surface area contributed by atoms with Crippen LogP contribution in [0.25, 0.3) is 11.3 Å². The molecule has 1 heterocycles. The lowest BCUT2D eigenvalue weighted by Gasteiger charge is -2.02. The molecule has 0 radical (unpaired) electrons. The van der Waals surface area contributed by atoms with E-state index in [1.54, 1.807) is 0 Å². The lowest BCUT2D eigenvalue weighted by Crippen LogP contribution is -2.09. The van der Waals surface area contributed by atoms with Gasteiger partial charge in [-0.1, -0.05) is 44.2 Å². The SMILES string of the molecule is CNCCc1sc(CSCC(C)C)nc1-c1ccccc1. The van der Waals surface area contributed by atoms with Crippen LogP contribution in [0.3, 0.4) is 0 Å². The molecule has 0 spiro atoms. The summed E-state index contributed by atoms with van der Waals surface area (Å²) in [7, 11) is 2.00. The van der Waals surface area contributed by atoms with Gasteiger partial charge in [0.25, 0.3) is 0 Å². The minimum Gasteiger partial charge on any atom is -0.319 e. The first kappa shape index (κ1) is 16.5. The van der Waals surface area contributed by atoms with Crippen molar-refractivity contribution in [1.82, 2.24) is 10.3 Å². The minimum absolute atomic E-state index is 0.743. The van der Waals surface area contributed by atoms with Crippen LogP contribution in [0.4, 0.5) is 0 Å². The molecule has 0 atom stereocenters. The summed E-state index contributed by atoms with van der Waals surface area (Å²) in [4.78, 5) is 6.30. The van der Waals surface area contributed by atoms with Crippen molar-refractivity contribution in [3.63, 3.8) is 0 Å². The van der Waals surface area contributed by atoms with Gasteiger partial charge in [-0.3, -0.25) is 0 Å². The molecule has 0 fully saturated rings. The molecule has 0 amide bonds. The molecule has 21 heavy (non-hydrogen) atoms. The first-order valence-corrected chi connectivity index (χ1v) is 9.44. The fraction of sp³-hybridized carbons (Fsp3) is 0.471. The third-order valence-electron chi connectivity index (χ3n) is 3.07. The van der Waals surface area contributed by atoms with Crippen LogP contribution in [-0.4, -0.2) is 24.3 Å². The number of benzene rings is 1. The Labute approximate surface area is 136 Å². The van der Waals surface area contributed by atoms with Gasteiger partial charge in [-0.15, -0.1) is 11.3 Å². The van der Waals surface area contributed by atoms with Crippen molar-refractivity contribution >= 4 is 23.1 Å². The van der Waals surface area contributed by atoms with Gasteiger partial charge in [0.1, 0.15) is 5.01 Å². The molecule has 0 aliphatic heterocycles. The van der Waals surface area contributed by atoms with E-state index in [-0.39, 0.29) is 0 Å². The van der Waals surface area contributed by atoms with Crippen LogP contribution in [0.2, 0.25) is 0 Å². The number of likely N-dealkylation sites (N-methyl/N-ethyl adjacent to an activating group) is 1. The Kier molecular flexibility index (Phi) is 6.74. The second-order valence-electron chi connectivity index (χ2n) is 5.51. The van der Waals surface area contributed by atoms with Crippen molar-refractivity contribution in [2.45, 2.75) is 26.0 Å². The Morgan fingerprint density at radius 2 is 2.00 bits per heavy atom. The fourth-order valence-corrected chi connectivity index (χ4v) is 4.27. The van der Waals surface area contributed by atoms with Gasteiger partial charge in [0, 0.05) is 16.2 Å². The lowest BCUT2D eigenvalue weighted by atomic mass is 10.1. The van der Waals surface area contributed by atoms with Crippen molar-refractivity contribution < 1.29 is 0 Å². The Bertz CT molecular complexity index is 535. The van der Waals surface area contributed by atoms with Gasteiger partial charge >= 0.3 is 0 Å². The molecule has 0 bridgehead atoms. The summed E-state index contributed by atoms with van der Waals surface area (Å²) >= 11 is 3.86. The molecule has 0 aliphatic rings. The van der Waals surface area contributed by atoms with E-state index < -0.39 is 0 Å². The first-order chi connectivity index (χ1) is 10.2. The van der Waals surface area contributed by atoms with Gasteiger partial charge < -0.3 is 5.32 Å². The summed E-state index contributed by atoms with van der Waals surface area (Å²) in [5, 5.41) is 4.49. The third kappa shape index (κ3) is 5.13. The van der Waals surface area contributed by atoms with E-state index in [0.29, 0.717) is 0 Å². The summed E-state index contributed by atoms with van der Waals surface area (Å²) in [6.45, 7) is 5.53. The largest absolute Gasteiger partial charge is 0.319 e. The van der Waals surface area contributed by atoms with Gasteiger partial charge in [0.2, 0.25) is 0 Å². The molecule has 1 aromatic heterocycles. The Hall–Kier alpha value is -0.840. The molecule has 0 saturated heterocycles. The number of thioether (sulfide) groups is 1. The van der Waals surface area contributed by atoms with Gasteiger partial charge in [-0.25, -0.2) is 4.98 Å². The summed E-state index contributed by atoms with van der Waals surface area (Å²) in [5.74, 6) is 2.97. The highest BCUT2D eigenvalue weighted by Crippen LogP contribution is 2.30. The number of rotatable bonds is 8. The highest BCUT2D eigenvalue weighted by Gasteiger charge is 2.12. The Morgan fingerprint density at radius 3 is 2.67 bits per heavy atom. The minimum atomic E-state index is 0.743. The third-order valence-corrected chi connectivity index (χ3v) is 5.75. The molecule has 2 aromatic rings. The molecule has 1 N–H and O–H groups in total. The number of nitrogens with one attached hydrogen (secondary N) is 1. The highest BCUT2D eigenvalue weighted by molar-refractivity contribution is 7.98. The smallest absolute Gasteiger partial charge is 0.103 e. The molecule has 1 aromatic carbocycles. The van der Waals surface area contributed by atoms with E-state index in [1.807, 2.05) is 30.1 Å². The van der Waals surface area contributed by atoms with Crippen LogP contribution in [0.15, 0.2) is 30.3 Å². The Balaban J connectivity index is 2.15. The van der Waals surface area contributed by atoms with E-state index in [2.05, 4.69) is 49.5 Å². The van der Waals surface area contributed by atoms with Crippen LogP contribution in [-0.2, 0) is 12.2 Å². The van der Waals surface area contributed by atoms with Crippen LogP contribution in [0.1, 0.15) is 23.7 Å². The maximum absolute atomic E-state index is 4.90. The molecule has 0 saturated carbocycles. The van der Waals surface area contributed by atoms with Gasteiger partial charge in [0.05, 0.1) is 5.69 Å². The predicted molar refractivity (Wildman–Crippen MR) is 96.2 cm³/mol. The molecule has 2 nitrogen and oxygen atoms in total. The topological polar surface area (TPSA) is 24.9 Å². The van der Waals surface area contributed by atoms with Crippen molar-refractivity contribution in [3.05, 3.63) is 40.2 Å². The summed E-state index contributed by atoms with van der Waals surface area (Å²) in [6.07, 6.45) is 1.05. The number of thiazole rings is 1. The van der Waals surface area contributed by atoms with Gasteiger partial charge in [-0.2, -0.15) is 11.8 Å². The molecule has 2 rings (SSSR count). The number of hydrogen-bond acceptors (Lipinski definition) is 4. The zero-order chi connectivity index (χ0) is 15.1. The molecule has 0 aliphatic carbocycles. The van der Waals surface area contributed by atoms with E-state index in [4.69, 9.17) is 4.98 Å². The maximum Gasteiger partial charge on any atom is 0.103 e. The van der Waals surface area contributed by atoms with Crippen LogP contribution >= 0.6 is 23.1 Å². The Morgan fingerprint density at radius 1 is 1.24 bits per heavy atom. The second-order valence-corrected chi connectivity index (χ2v) is 7.71. The van der Waals surface area contributed by atoms with Crippen LogP contribution < -0.4 is 5.32 Å². The summed E-state index contributed by atoms with van der Waals surface area (Å²) < 4.78 is 0. The van der Waals surface area contributed by atoms with E-state index in [9.17, 15) is 0 Å². The zero-order valence-electron chi connectivity index (χ0n) is 13.1. The number of hydrogen-bond donors (Lipinski definition) is 1. The quantitative estimate of drug-likeness (QED) is 0.777. The number of nitrogens with zero attached hydrogens (tertiary/aromatic N) is 1. The normalized spacial score (nSPS) is 11.2. The average Bonchev–Trinajstić information content (AvgIpc) is 2.89. The summed E-state index contributed by atoms with van der Waals surface area (Å²) in [5.41, 5.74) is 2.41. The lowest BCUT2D eigenvalue weighted by molar-refractivity contribution is 0.750. The van der Waals surface area contributed by atoms with Crippen molar-refractivity contribution in [3.8, 4) is 11.3 Å². The maximum atomic E-state index is 4.90. The molecule has 114 valence electrons. The van der Waals surface area contributed by atoms with Crippen molar-refractivity contribution in [2.75, 3.05) is 19.3 Å². The van der Waals surface area contributed by atoms with Gasteiger partial charge in [-0.05, 0) is 31.7 Å². The van der Waals surface area contributed by atoms with E-state index in [1.165, 1.54) is 26.9 Å². The molecule has 4 heteroatoms. The fourth-order valence-electron chi connectivity index (χ4n) is 2.07. The van der Waals surface area contributed by atoms with E-state index >= 15 is 0 Å². The summed E-state index contributed by atoms with van der Waals surface area (Å²) in [6, 6.07) is 10.5. The standard InChI is InChI=1S/C17H24N2S2/c1-13(2)11-20-12-16-19-17(14-7-5-4-6-8-14)15(21-16)9-10-18-3/h4-8,13,18H,9-12H2,1-3H3. The van der Waals surface area contributed by atoms with Crippen LogP contribution in [0, 0.1) is 5.92 Å².